The Morgan fingerprint density at radius 1 is 1.12 bits per heavy atom. The van der Waals surface area contributed by atoms with Crippen molar-refractivity contribution >= 4 is 0 Å². The number of nitriles is 1. The minimum atomic E-state index is -0.300. The molecule has 0 unspecified atom stereocenters. The fourth-order valence-electron chi connectivity index (χ4n) is 3.58. The lowest BCUT2D eigenvalue weighted by molar-refractivity contribution is 0.326. The molecule has 0 aliphatic heterocycles. The molecule has 1 heterocycles. The molecular formula is C22H17FN2O. The van der Waals surface area contributed by atoms with Gasteiger partial charge in [-0.3, -0.25) is 0 Å². The van der Waals surface area contributed by atoms with Crippen molar-refractivity contribution in [3.63, 3.8) is 0 Å². The van der Waals surface area contributed by atoms with Crippen molar-refractivity contribution in [2.75, 3.05) is 6.61 Å². The van der Waals surface area contributed by atoms with Gasteiger partial charge in [0.2, 0.25) is 5.88 Å². The lowest BCUT2D eigenvalue weighted by atomic mass is 9.83. The highest BCUT2D eigenvalue weighted by molar-refractivity contribution is 5.84. The molecule has 1 aromatic heterocycles. The number of nitrogens with zero attached hydrogens (tertiary/aromatic N) is 2. The highest BCUT2D eigenvalue weighted by Gasteiger charge is 2.26. The van der Waals surface area contributed by atoms with E-state index in [2.05, 4.69) is 18.2 Å². The Kier molecular flexibility index (Phi) is 4.14. The second-order valence-electron chi connectivity index (χ2n) is 6.20. The Morgan fingerprint density at radius 3 is 2.62 bits per heavy atom. The van der Waals surface area contributed by atoms with E-state index in [0.717, 1.165) is 40.8 Å². The second kappa shape index (κ2) is 6.61. The molecule has 0 bridgehead atoms. The Labute approximate surface area is 151 Å². The van der Waals surface area contributed by atoms with Crippen LogP contribution >= 0.6 is 0 Å². The van der Waals surface area contributed by atoms with Crippen molar-refractivity contribution < 1.29 is 9.13 Å². The van der Waals surface area contributed by atoms with E-state index in [4.69, 9.17) is 9.72 Å². The molecule has 4 heteroatoms. The van der Waals surface area contributed by atoms with Gasteiger partial charge in [0.15, 0.2) is 0 Å². The topological polar surface area (TPSA) is 45.9 Å². The van der Waals surface area contributed by atoms with Gasteiger partial charge in [-0.15, -0.1) is 0 Å². The summed E-state index contributed by atoms with van der Waals surface area (Å²) in [5, 5.41) is 9.79. The van der Waals surface area contributed by atoms with Crippen molar-refractivity contribution in [2.45, 2.75) is 19.8 Å². The molecule has 2 aromatic carbocycles. The first-order valence-corrected chi connectivity index (χ1v) is 8.67. The first-order valence-electron chi connectivity index (χ1n) is 8.67. The number of aromatic nitrogens is 1. The summed E-state index contributed by atoms with van der Waals surface area (Å²) >= 11 is 0. The van der Waals surface area contributed by atoms with Crippen LogP contribution in [0, 0.1) is 17.1 Å². The fourth-order valence-corrected chi connectivity index (χ4v) is 3.58. The van der Waals surface area contributed by atoms with Crippen molar-refractivity contribution in [3.05, 3.63) is 71.0 Å². The molecule has 0 amide bonds. The summed E-state index contributed by atoms with van der Waals surface area (Å²) in [6.45, 7) is 2.29. The number of aryl methyl sites for hydroxylation is 1. The maximum absolute atomic E-state index is 13.4. The number of hydrogen-bond donors (Lipinski definition) is 0. The molecule has 0 saturated carbocycles. The Morgan fingerprint density at radius 2 is 1.88 bits per heavy atom. The normalized spacial score (nSPS) is 12.0. The van der Waals surface area contributed by atoms with Gasteiger partial charge in [0.1, 0.15) is 17.4 Å². The maximum atomic E-state index is 13.4. The van der Waals surface area contributed by atoms with Crippen molar-refractivity contribution in [1.82, 2.24) is 4.98 Å². The summed E-state index contributed by atoms with van der Waals surface area (Å²) in [4.78, 5) is 4.70. The van der Waals surface area contributed by atoms with Crippen LogP contribution in [-0.4, -0.2) is 11.6 Å². The van der Waals surface area contributed by atoms with Gasteiger partial charge in [0, 0.05) is 11.1 Å². The summed E-state index contributed by atoms with van der Waals surface area (Å²) in [6.07, 6.45) is 1.67. The van der Waals surface area contributed by atoms with Crippen LogP contribution in [0.25, 0.3) is 22.4 Å². The minimum absolute atomic E-state index is 0.300. The molecular weight excluding hydrogens is 327 g/mol. The molecule has 0 fully saturated rings. The first kappa shape index (κ1) is 16.3. The van der Waals surface area contributed by atoms with Gasteiger partial charge in [-0.2, -0.15) is 5.26 Å². The van der Waals surface area contributed by atoms with Crippen LogP contribution in [0.1, 0.15) is 23.6 Å². The molecule has 0 atom stereocenters. The van der Waals surface area contributed by atoms with E-state index in [0.29, 0.717) is 18.1 Å². The van der Waals surface area contributed by atoms with Crippen LogP contribution < -0.4 is 4.74 Å². The molecule has 0 radical (unpaired) electrons. The van der Waals surface area contributed by atoms with E-state index in [9.17, 15) is 9.65 Å². The summed E-state index contributed by atoms with van der Waals surface area (Å²) < 4.78 is 19.1. The zero-order valence-corrected chi connectivity index (χ0v) is 14.4. The average molecular weight is 344 g/mol. The molecule has 3 nitrogen and oxygen atoms in total. The van der Waals surface area contributed by atoms with Crippen LogP contribution in [0.5, 0.6) is 5.88 Å². The van der Waals surface area contributed by atoms with E-state index in [1.54, 1.807) is 12.1 Å². The third-order valence-electron chi connectivity index (χ3n) is 4.71. The molecule has 0 spiro atoms. The number of pyridine rings is 1. The molecule has 4 rings (SSSR count). The summed E-state index contributed by atoms with van der Waals surface area (Å²) in [5.74, 6) is 0.0373. The molecule has 26 heavy (non-hydrogen) atoms. The van der Waals surface area contributed by atoms with Crippen LogP contribution in [-0.2, 0) is 12.8 Å². The highest BCUT2D eigenvalue weighted by Crippen LogP contribution is 2.42. The predicted molar refractivity (Wildman–Crippen MR) is 98.4 cm³/mol. The third-order valence-corrected chi connectivity index (χ3v) is 4.71. The summed E-state index contributed by atoms with van der Waals surface area (Å²) in [6, 6.07) is 16.7. The van der Waals surface area contributed by atoms with Crippen molar-refractivity contribution in [3.8, 4) is 34.3 Å². The maximum Gasteiger partial charge on any atom is 0.232 e. The zero-order valence-electron chi connectivity index (χ0n) is 14.4. The third kappa shape index (κ3) is 2.62. The van der Waals surface area contributed by atoms with Gasteiger partial charge in [0.25, 0.3) is 0 Å². The summed E-state index contributed by atoms with van der Waals surface area (Å²) in [7, 11) is 0. The SMILES string of the molecule is CCOc1nc2c(c(-c3ccc(F)cc3)c1C#N)CCc1ccccc1-2. The molecule has 0 saturated heterocycles. The monoisotopic (exact) mass is 344 g/mol. The first-order chi connectivity index (χ1) is 12.7. The number of rotatable bonds is 3. The lowest BCUT2D eigenvalue weighted by Gasteiger charge is -2.24. The Hall–Kier alpha value is -3.19. The van der Waals surface area contributed by atoms with E-state index in [-0.39, 0.29) is 5.82 Å². The van der Waals surface area contributed by atoms with E-state index >= 15 is 0 Å². The summed E-state index contributed by atoms with van der Waals surface area (Å²) in [5.41, 5.74) is 6.21. The average Bonchev–Trinajstić information content (AvgIpc) is 2.68. The van der Waals surface area contributed by atoms with Gasteiger partial charge in [-0.1, -0.05) is 36.4 Å². The standard InChI is InChI=1S/C22H17FN2O/c1-2-26-22-19(13-24)20(15-7-10-16(23)11-8-15)18-12-9-14-5-3-4-6-17(14)21(18)25-22/h3-8,10-11H,2,9,12H2,1H3. The van der Waals surface area contributed by atoms with Crippen molar-refractivity contribution in [2.24, 2.45) is 0 Å². The molecule has 0 N–H and O–H groups in total. The van der Waals surface area contributed by atoms with E-state index in [1.807, 2.05) is 19.1 Å². The lowest BCUT2D eigenvalue weighted by Crippen LogP contribution is -2.11. The molecule has 128 valence electrons. The van der Waals surface area contributed by atoms with Crippen LogP contribution in [0.15, 0.2) is 48.5 Å². The molecule has 3 aromatic rings. The smallest absolute Gasteiger partial charge is 0.232 e. The predicted octanol–water partition coefficient (Wildman–Crippen LogP) is 4.92. The number of halogens is 1. The second-order valence-corrected chi connectivity index (χ2v) is 6.20. The van der Waals surface area contributed by atoms with Crippen molar-refractivity contribution in [1.29, 1.82) is 5.26 Å². The molecule has 1 aliphatic rings. The zero-order chi connectivity index (χ0) is 18.1. The fraction of sp³-hybridized carbons (Fsp3) is 0.182. The number of benzene rings is 2. The highest BCUT2D eigenvalue weighted by atomic mass is 19.1. The van der Waals surface area contributed by atoms with Crippen LogP contribution in [0.3, 0.4) is 0 Å². The van der Waals surface area contributed by atoms with Gasteiger partial charge in [-0.25, -0.2) is 9.37 Å². The van der Waals surface area contributed by atoms with Crippen LogP contribution in [0.2, 0.25) is 0 Å². The Bertz CT molecular complexity index is 1020. The van der Waals surface area contributed by atoms with Crippen LogP contribution in [0.4, 0.5) is 4.39 Å². The van der Waals surface area contributed by atoms with E-state index in [1.165, 1.54) is 17.7 Å². The Balaban J connectivity index is 2.05. The number of hydrogen-bond acceptors (Lipinski definition) is 3. The number of ether oxygens (including phenoxy) is 1. The van der Waals surface area contributed by atoms with E-state index < -0.39 is 0 Å². The van der Waals surface area contributed by atoms with Gasteiger partial charge in [-0.05, 0) is 48.6 Å². The van der Waals surface area contributed by atoms with Gasteiger partial charge < -0.3 is 4.74 Å². The minimum Gasteiger partial charge on any atom is -0.477 e. The number of fused-ring (bicyclic) bond motifs is 3. The quantitative estimate of drug-likeness (QED) is 0.677. The largest absolute Gasteiger partial charge is 0.477 e. The van der Waals surface area contributed by atoms with Gasteiger partial charge >= 0.3 is 0 Å². The molecule has 1 aliphatic carbocycles. The van der Waals surface area contributed by atoms with Gasteiger partial charge in [0.05, 0.1) is 12.3 Å².